The number of anilines is 1. The molecule has 102 valence electrons. The van der Waals surface area contributed by atoms with Crippen LogP contribution in [0.5, 0.6) is 5.75 Å². The molecule has 0 aliphatic rings. The van der Waals surface area contributed by atoms with Gasteiger partial charge in [-0.3, -0.25) is 0 Å². The first-order valence-electron chi connectivity index (χ1n) is 5.89. The molecule has 20 heavy (non-hydrogen) atoms. The van der Waals surface area contributed by atoms with Crippen LogP contribution in [-0.2, 0) is 7.05 Å². The number of fused-ring (bicyclic) bond motifs is 1. The van der Waals surface area contributed by atoms with Crippen molar-refractivity contribution in [3.8, 4) is 17.0 Å². The molecule has 1 aromatic carbocycles. The molecule has 2 N–H and O–H groups in total. The summed E-state index contributed by atoms with van der Waals surface area (Å²) in [7, 11) is 3.40. The van der Waals surface area contributed by atoms with Crippen LogP contribution in [0.3, 0.4) is 0 Å². The van der Waals surface area contributed by atoms with Crippen molar-refractivity contribution in [1.29, 1.82) is 0 Å². The van der Waals surface area contributed by atoms with Gasteiger partial charge in [-0.1, -0.05) is 11.6 Å². The fraction of sp³-hybridized carbons (Fsp3) is 0.154. The van der Waals surface area contributed by atoms with Gasteiger partial charge in [-0.25, -0.2) is 9.67 Å². The molecule has 0 spiro atoms. The second kappa shape index (κ2) is 4.64. The zero-order valence-corrected chi connectivity index (χ0v) is 11.7. The monoisotopic (exact) mass is 289 g/mol. The predicted octanol–water partition coefficient (Wildman–Crippen LogP) is 2.27. The summed E-state index contributed by atoms with van der Waals surface area (Å²) in [6.45, 7) is 0. The van der Waals surface area contributed by atoms with Gasteiger partial charge in [0.1, 0.15) is 11.4 Å². The highest BCUT2D eigenvalue weighted by Gasteiger charge is 2.16. The molecule has 0 saturated carbocycles. The Labute approximate surface area is 120 Å². The Bertz CT molecular complexity index is 799. The van der Waals surface area contributed by atoms with Crippen molar-refractivity contribution >= 4 is 28.6 Å². The molecule has 0 fully saturated rings. The van der Waals surface area contributed by atoms with Crippen molar-refractivity contribution in [3.63, 3.8) is 0 Å². The third-order valence-electron chi connectivity index (χ3n) is 3.02. The Hall–Kier alpha value is -2.34. The molecule has 6 nitrogen and oxygen atoms in total. The first-order valence-corrected chi connectivity index (χ1v) is 6.27. The fourth-order valence-corrected chi connectivity index (χ4v) is 2.29. The van der Waals surface area contributed by atoms with Gasteiger partial charge in [-0.05, 0) is 18.2 Å². The average molecular weight is 290 g/mol. The summed E-state index contributed by atoms with van der Waals surface area (Å²) in [6.07, 6.45) is 1.65. The number of ether oxygens (including phenoxy) is 1. The number of nitrogen functional groups attached to an aromatic ring is 1. The zero-order chi connectivity index (χ0) is 14.3. The maximum atomic E-state index is 6.07. The molecule has 2 aromatic heterocycles. The highest BCUT2D eigenvalue weighted by atomic mass is 35.5. The van der Waals surface area contributed by atoms with Crippen molar-refractivity contribution in [2.24, 2.45) is 7.05 Å². The molecule has 0 saturated heterocycles. The van der Waals surface area contributed by atoms with E-state index in [1.165, 1.54) is 0 Å². The minimum Gasteiger partial charge on any atom is -0.496 e. The Morgan fingerprint density at radius 3 is 2.90 bits per heavy atom. The van der Waals surface area contributed by atoms with Crippen molar-refractivity contribution in [2.75, 3.05) is 12.8 Å². The van der Waals surface area contributed by atoms with Crippen molar-refractivity contribution in [2.45, 2.75) is 0 Å². The first kappa shape index (κ1) is 12.7. The van der Waals surface area contributed by atoms with Crippen molar-refractivity contribution in [3.05, 3.63) is 29.4 Å². The smallest absolute Gasteiger partial charge is 0.222 e. The van der Waals surface area contributed by atoms with Crippen LogP contribution in [0.15, 0.2) is 24.4 Å². The number of benzene rings is 1. The van der Waals surface area contributed by atoms with Gasteiger partial charge in [-0.15, -0.1) is 0 Å². The number of rotatable bonds is 2. The second-order valence-corrected chi connectivity index (χ2v) is 4.72. The molecule has 2 heterocycles. The Balaban J connectivity index is 2.33. The van der Waals surface area contributed by atoms with Gasteiger partial charge in [-0.2, -0.15) is 10.1 Å². The van der Waals surface area contributed by atoms with E-state index in [1.54, 1.807) is 43.2 Å². The summed E-state index contributed by atoms with van der Waals surface area (Å²) in [5, 5.41) is 5.87. The number of aryl methyl sites for hydroxylation is 1. The van der Waals surface area contributed by atoms with E-state index >= 15 is 0 Å². The molecule has 0 radical (unpaired) electrons. The van der Waals surface area contributed by atoms with Crippen LogP contribution >= 0.6 is 11.6 Å². The predicted molar refractivity (Wildman–Crippen MR) is 77.7 cm³/mol. The molecule has 3 aromatic rings. The lowest BCUT2D eigenvalue weighted by Gasteiger charge is -2.06. The second-order valence-electron chi connectivity index (χ2n) is 4.28. The lowest BCUT2D eigenvalue weighted by atomic mass is 10.1. The van der Waals surface area contributed by atoms with Gasteiger partial charge in [0, 0.05) is 23.8 Å². The van der Waals surface area contributed by atoms with E-state index < -0.39 is 0 Å². The molecule has 0 aliphatic heterocycles. The van der Waals surface area contributed by atoms with Crippen LogP contribution in [-0.4, -0.2) is 26.9 Å². The molecule has 0 unspecified atom stereocenters. The van der Waals surface area contributed by atoms with Crippen LogP contribution < -0.4 is 10.5 Å². The summed E-state index contributed by atoms with van der Waals surface area (Å²) >= 11 is 6.07. The van der Waals surface area contributed by atoms with Gasteiger partial charge < -0.3 is 10.5 Å². The van der Waals surface area contributed by atoms with Gasteiger partial charge in [0.05, 0.1) is 12.5 Å². The number of methoxy groups -OCH3 is 1. The number of nitrogens with two attached hydrogens (primary N) is 1. The lowest BCUT2D eigenvalue weighted by molar-refractivity contribution is 0.416. The normalized spacial score (nSPS) is 10.9. The minimum atomic E-state index is 0.213. The van der Waals surface area contributed by atoms with Crippen LogP contribution in [0, 0.1) is 0 Å². The quantitative estimate of drug-likeness (QED) is 0.783. The molecular formula is C13H12ClN5O. The van der Waals surface area contributed by atoms with E-state index in [0.29, 0.717) is 22.1 Å². The number of hydrogen-bond donors (Lipinski definition) is 1. The highest BCUT2D eigenvalue weighted by molar-refractivity contribution is 6.31. The number of nitrogens with zero attached hydrogens (tertiary/aromatic N) is 4. The van der Waals surface area contributed by atoms with Gasteiger partial charge in [0.25, 0.3) is 0 Å². The van der Waals surface area contributed by atoms with Crippen LogP contribution in [0.1, 0.15) is 0 Å². The first-order chi connectivity index (χ1) is 9.60. The summed E-state index contributed by atoms with van der Waals surface area (Å²) < 4.78 is 7.02. The van der Waals surface area contributed by atoms with E-state index in [0.717, 1.165) is 10.9 Å². The van der Waals surface area contributed by atoms with E-state index in [9.17, 15) is 0 Å². The Morgan fingerprint density at radius 2 is 2.15 bits per heavy atom. The number of aromatic nitrogens is 4. The number of halogens is 1. The molecule has 3 rings (SSSR count). The average Bonchev–Trinajstić information content (AvgIpc) is 2.75. The van der Waals surface area contributed by atoms with Crippen molar-refractivity contribution < 1.29 is 4.74 Å². The van der Waals surface area contributed by atoms with Crippen LogP contribution in [0.2, 0.25) is 5.02 Å². The maximum Gasteiger partial charge on any atom is 0.222 e. The molecule has 0 amide bonds. The van der Waals surface area contributed by atoms with E-state index in [-0.39, 0.29) is 5.95 Å². The largest absolute Gasteiger partial charge is 0.496 e. The summed E-state index contributed by atoms with van der Waals surface area (Å²) in [6, 6.07) is 5.37. The molecular weight excluding hydrogens is 278 g/mol. The van der Waals surface area contributed by atoms with Crippen LogP contribution in [0.25, 0.3) is 22.3 Å². The summed E-state index contributed by atoms with van der Waals surface area (Å²) in [5.74, 6) is 0.899. The van der Waals surface area contributed by atoms with Gasteiger partial charge in [0.2, 0.25) is 5.95 Å². The third kappa shape index (κ3) is 1.94. The van der Waals surface area contributed by atoms with Crippen LogP contribution in [0.4, 0.5) is 5.95 Å². The van der Waals surface area contributed by atoms with Crippen molar-refractivity contribution in [1.82, 2.24) is 19.7 Å². The van der Waals surface area contributed by atoms with Gasteiger partial charge >= 0.3 is 0 Å². The Kier molecular flexibility index (Phi) is 2.94. The summed E-state index contributed by atoms with van der Waals surface area (Å²) in [5.41, 5.74) is 7.77. The zero-order valence-electron chi connectivity index (χ0n) is 11.0. The highest BCUT2D eigenvalue weighted by Crippen LogP contribution is 2.35. The topological polar surface area (TPSA) is 78.8 Å². The van der Waals surface area contributed by atoms with E-state index in [1.807, 2.05) is 0 Å². The molecule has 0 atom stereocenters. The van der Waals surface area contributed by atoms with E-state index in [4.69, 9.17) is 22.1 Å². The molecule has 7 heteroatoms. The SMILES string of the molecule is COc1ccc(Cl)cc1-c1nn(C)c2nc(N)ncc12. The van der Waals surface area contributed by atoms with E-state index in [2.05, 4.69) is 15.1 Å². The molecule has 0 aliphatic carbocycles. The molecule has 0 bridgehead atoms. The standard InChI is InChI=1S/C13H12ClN5O/c1-19-12-9(6-16-13(15)17-12)11(18-19)8-5-7(14)3-4-10(8)20-2/h3-6H,1-2H3,(H2,15,16,17). The summed E-state index contributed by atoms with van der Waals surface area (Å²) in [4.78, 5) is 8.22. The number of hydrogen-bond acceptors (Lipinski definition) is 5. The minimum absolute atomic E-state index is 0.213. The lowest BCUT2D eigenvalue weighted by Crippen LogP contribution is -1.97. The Morgan fingerprint density at radius 1 is 1.35 bits per heavy atom. The fourth-order valence-electron chi connectivity index (χ4n) is 2.12. The van der Waals surface area contributed by atoms with Gasteiger partial charge in [0.15, 0.2) is 5.65 Å². The maximum absolute atomic E-state index is 6.07. The third-order valence-corrected chi connectivity index (χ3v) is 3.25.